The summed E-state index contributed by atoms with van der Waals surface area (Å²) in [4.78, 5) is 26.8. The molecule has 164 valence electrons. The molecular weight excluding hydrogens is 430 g/mol. The van der Waals surface area contributed by atoms with Gasteiger partial charge < -0.3 is 15.0 Å². The van der Waals surface area contributed by atoms with Crippen LogP contribution in [0, 0.1) is 12.8 Å². The van der Waals surface area contributed by atoms with Crippen molar-refractivity contribution in [3.8, 4) is 0 Å². The lowest BCUT2D eigenvalue weighted by molar-refractivity contribution is -0.121. The second-order valence-electron chi connectivity index (χ2n) is 8.18. The number of fused-ring (bicyclic) bond motifs is 1. The van der Waals surface area contributed by atoms with E-state index in [0.29, 0.717) is 0 Å². The number of carbonyl (C=O) groups excluding carboxylic acids is 1. The van der Waals surface area contributed by atoms with E-state index < -0.39 is 0 Å². The van der Waals surface area contributed by atoms with Crippen molar-refractivity contribution in [2.75, 3.05) is 49.6 Å². The number of nitrogens with one attached hydrogen (secondary N) is 1. The molecule has 9 heteroatoms. The molecule has 31 heavy (non-hydrogen) atoms. The lowest BCUT2D eigenvalue weighted by atomic mass is 9.95. The minimum Gasteiger partial charge on any atom is -0.378 e. The SMILES string of the molecule is Cc1nc(CN2CCC(C(=O)Nc3ccc4nc(N5CCOCC5)sc4c3)CC2)cs1. The number of thiazole rings is 2. The number of hydrogen-bond acceptors (Lipinski definition) is 8. The maximum Gasteiger partial charge on any atom is 0.227 e. The van der Waals surface area contributed by atoms with Gasteiger partial charge in [-0.15, -0.1) is 11.3 Å². The van der Waals surface area contributed by atoms with Gasteiger partial charge in [0.1, 0.15) is 0 Å². The highest BCUT2D eigenvalue weighted by molar-refractivity contribution is 7.22. The molecule has 1 aromatic carbocycles. The first-order valence-corrected chi connectivity index (χ1v) is 12.5. The molecule has 2 saturated heterocycles. The Hall–Kier alpha value is -2.07. The monoisotopic (exact) mass is 457 g/mol. The lowest BCUT2D eigenvalue weighted by Crippen LogP contribution is -2.37. The number of amides is 1. The highest BCUT2D eigenvalue weighted by atomic mass is 32.1. The van der Waals surface area contributed by atoms with Crippen molar-refractivity contribution in [1.29, 1.82) is 0 Å². The van der Waals surface area contributed by atoms with Gasteiger partial charge in [-0.05, 0) is 51.1 Å². The number of aryl methyl sites for hydroxylation is 1. The van der Waals surface area contributed by atoms with Crippen molar-refractivity contribution in [3.05, 3.63) is 34.3 Å². The third kappa shape index (κ3) is 4.90. The van der Waals surface area contributed by atoms with Crippen molar-refractivity contribution in [3.63, 3.8) is 0 Å². The van der Waals surface area contributed by atoms with Gasteiger partial charge in [-0.2, -0.15) is 0 Å². The topological polar surface area (TPSA) is 70.6 Å². The summed E-state index contributed by atoms with van der Waals surface area (Å²) in [7, 11) is 0. The van der Waals surface area contributed by atoms with Crippen molar-refractivity contribution in [1.82, 2.24) is 14.9 Å². The van der Waals surface area contributed by atoms with E-state index in [-0.39, 0.29) is 11.8 Å². The second-order valence-corrected chi connectivity index (χ2v) is 10.2. The zero-order chi connectivity index (χ0) is 21.2. The molecule has 0 bridgehead atoms. The van der Waals surface area contributed by atoms with Gasteiger partial charge in [0.05, 0.1) is 34.1 Å². The van der Waals surface area contributed by atoms with Crippen LogP contribution in [0.5, 0.6) is 0 Å². The number of rotatable bonds is 5. The summed E-state index contributed by atoms with van der Waals surface area (Å²) in [6, 6.07) is 6.02. The van der Waals surface area contributed by atoms with Crippen molar-refractivity contribution < 1.29 is 9.53 Å². The van der Waals surface area contributed by atoms with E-state index in [1.165, 1.54) is 0 Å². The summed E-state index contributed by atoms with van der Waals surface area (Å²) in [5.41, 5.74) is 2.98. The van der Waals surface area contributed by atoms with Crippen molar-refractivity contribution in [2.24, 2.45) is 5.92 Å². The Kier molecular flexibility index (Phi) is 6.17. The van der Waals surface area contributed by atoms with Gasteiger partial charge in [0.15, 0.2) is 5.13 Å². The highest BCUT2D eigenvalue weighted by Crippen LogP contribution is 2.31. The molecular formula is C22H27N5O2S2. The summed E-state index contributed by atoms with van der Waals surface area (Å²) in [6.07, 6.45) is 1.78. The third-order valence-electron chi connectivity index (χ3n) is 5.94. The average Bonchev–Trinajstić information content (AvgIpc) is 3.40. The first kappa shape index (κ1) is 20.8. The average molecular weight is 458 g/mol. The van der Waals surface area contributed by atoms with Crippen LogP contribution in [0.25, 0.3) is 10.2 Å². The molecule has 2 aromatic heterocycles. The maximum atomic E-state index is 12.8. The molecule has 0 atom stereocenters. The van der Waals surface area contributed by atoms with Crippen molar-refractivity contribution in [2.45, 2.75) is 26.3 Å². The summed E-state index contributed by atoms with van der Waals surface area (Å²) in [6.45, 7) is 8.05. The molecule has 4 heterocycles. The largest absolute Gasteiger partial charge is 0.378 e. The quantitative estimate of drug-likeness (QED) is 0.629. The molecule has 1 N–H and O–H groups in total. The Morgan fingerprint density at radius 1 is 1.19 bits per heavy atom. The Morgan fingerprint density at radius 2 is 2.00 bits per heavy atom. The Bertz CT molecular complexity index is 1050. The number of likely N-dealkylation sites (tertiary alicyclic amines) is 1. The number of aromatic nitrogens is 2. The standard InChI is InChI=1S/C22H27N5O2S2/c1-15-23-18(14-30-15)13-26-6-4-16(5-7-26)21(28)24-17-2-3-19-20(12-17)31-22(25-19)27-8-10-29-11-9-27/h2-3,12,14,16H,4-11,13H2,1H3,(H,24,28). The van der Waals surface area contributed by atoms with Crippen LogP contribution in [0.4, 0.5) is 10.8 Å². The Labute approximate surface area is 190 Å². The van der Waals surface area contributed by atoms with Crippen LogP contribution in [0.3, 0.4) is 0 Å². The van der Waals surface area contributed by atoms with Gasteiger partial charge in [-0.1, -0.05) is 11.3 Å². The maximum absolute atomic E-state index is 12.8. The van der Waals surface area contributed by atoms with Gasteiger partial charge in [0, 0.05) is 36.6 Å². The molecule has 0 saturated carbocycles. The molecule has 3 aromatic rings. The molecule has 0 spiro atoms. The van der Waals surface area contributed by atoms with E-state index in [1.807, 2.05) is 19.1 Å². The van der Waals surface area contributed by atoms with E-state index in [2.05, 4.69) is 31.5 Å². The third-order valence-corrected chi connectivity index (χ3v) is 7.84. The lowest BCUT2D eigenvalue weighted by Gasteiger charge is -2.30. The Morgan fingerprint density at radius 3 is 2.74 bits per heavy atom. The number of morpholine rings is 1. The van der Waals surface area contributed by atoms with E-state index in [4.69, 9.17) is 9.72 Å². The number of piperidine rings is 1. The van der Waals surface area contributed by atoms with Gasteiger partial charge in [-0.25, -0.2) is 9.97 Å². The fraction of sp³-hybridized carbons (Fsp3) is 0.500. The molecule has 0 unspecified atom stereocenters. The highest BCUT2D eigenvalue weighted by Gasteiger charge is 2.25. The van der Waals surface area contributed by atoms with Crippen LogP contribution in [0.1, 0.15) is 23.5 Å². The van der Waals surface area contributed by atoms with Crippen LogP contribution < -0.4 is 10.2 Å². The fourth-order valence-corrected chi connectivity index (χ4v) is 5.85. The van der Waals surface area contributed by atoms with Gasteiger partial charge >= 0.3 is 0 Å². The molecule has 0 radical (unpaired) electrons. The van der Waals surface area contributed by atoms with Crippen LogP contribution >= 0.6 is 22.7 Å². The van der Waals surface area contributed by atoms with E-state index in [0.717, 1.165) is 90.5 Å². The summed E-state index contributed by atoms with van der Waals surface area (Å²) < 4.78 is 6.54. The zero-order valence-electron chi connectivity index (χ0n) is 17.7. The van der Waals surface area contributed by atoms with Crippen LogP contribution in [-0.4, -0.2) is 60.2 Å². The molecule has 0 aliphatic carbocycles. The predicted octanol–water partition coefficient (Wildman–Crippen LogP) is 3.75. The molecule has 5 rings (SSSR count). The van der Waals surface area contributed by atoms with Gasteiger partial charge in [0.25, 0.3) is 0 Å². The second kappa shape index (κ2) is 9.20. The first-order valence-electron chi connectivity index (χ1n) is 10.8. The van der Waals surface area contributed by atoms with E-state index in [9.17, 15) is 4.79 Å². The first-order chi connectivity index (χ1) is 15.1. The minimum absolute atomic E-state index is 0.0643. The van der Waals surface area contributed by atoms with Crippen LogP contribution in [0.2, 0.25) is 0 Å². The molecule has 2 aliphatic heterocycles. The van der Waals surface area contributed by atoms with Gasteiger partial charge in [-0.3, -0.25) is 9.69 Å². The zero-order valence-corrected chi connectivity index (χ0v) is 19.3. The number of carbonyl (C=O) groups is 1. The Balaban J connectivity index is 1.17. The minimum atomic E-state index is 0.0643. The number of nitrogens with zero attached hydrogens (tertiary/aromatic N) is 4. The molecule has 7 nitrogen and oxygen atoms in total. The summed E-state index contributed by atoms with van der Waals surface area (Å²) >= 11 is 3.38. The summed E-state index contributed by atoms with van der Waals surface area (Å²) in [5, 5.41) is 7.41. The predicted molar refractivity (Wildman–Crippen MR) is 126 cm³/mol. The van der Waals surface area contributed by atoms with E-state index in [1.54, 1.807) is 22.7 Å². The van der Waals surface area contributed by atoms with Crippen LogP contribution in [-0.2, 0) is 16.1 Å². The number of ether oxygens (including phenoxy) is 1. The molecule has 2 aliphatic rings. The van der Waals surface area contributed by atoms with Gasteiger partial charge in [0.2, 0.25) is 5.91 Å². The number of hydrogen-bond donors (Lipinski definition) is 1. The summed E-state index contributed by atoms with van der Waals surface area (Å²) in [5.74, 6) is 0.191. The van der Waals surface area contributed by atoms with Crippen LogP contribution in [0.15, 0.2) is 23.6 Å². The molecule has 1 amide bonds. The number of anilines is 2. The number of benzene rings is 1. The smallest absolute Gasteiger partial charge is 0.227 e. The fourth-order valence-electron chi connectivity index (χ4n) is 4.19. The molecule has 2 fully saturated rings. The van der Waals surface area contributed by atoms with Crippen molar-refractivity contribution >= 4 is 49.6 Å². The van der Waals surface area contributed by atoms with E-state index >= 15 is 0 Å². The normalized spacial score (nSPS) is 18.5.